The van der Waals surface area contributed by atoms with Crippen molar-refractivity contribution in [2.24, 2.45) is 0 Å². The molecule has 0 spiro atoms. The number of likely N-dealkylation sites (N-methyl/N-ethyl adjacent to an activating group) is 1. The Morgan fingerprint density at radius 1 is 0.841 bits per heavy atom. The van der Waals surface area contributed by atoms with Crippen molar-refractivity contribution < 1.29 is 18.0 Å². The van der Waals surface area contributed by atoms with Crippen LogP contribution in [0.15, 0.2) is 95.9 Å². The monoisotopic (exact) mass is 651 g/mol. The molecule has 44 heavy (non-hydrogen) atoms. The largest absolute Gasteiger partial charge is 0.352 e. The summed E-state index contributed by atoms with van der Waals surface area (Å²) in [5.41, 5.74) is 1.54. The van der Waals surface area contributed by atoms with E-state index in [0.717, 1.165) is 46.3 Å². The number of nitrogens with one attached hydrogen (secondary N) is 1. The average molecular weight is 653 g/mol. The molecule has 2 amide bonds. The third kappa shape index (κ3) is 7.61. The number of hydrogen-bond donors (Lipinski definition) is 1. The summed E-state index contributed by atoms with van der Waals surface area (Å²) < 4.78 is 28.3. The molecule has 0 heterocycles. The van der Waals surface area contributed by atoms with E-state index >= 15 is 0 Å². The van der Waals surface area contributed by atoms with Crippen molar-refractivity contribution in [3.05, 3.63) is 112 Å². The topological polar surface area (TPSA) is 86.8 Å². The van der Waals surface area contributed by atoms with Gasteiger partial charge in [0.2, 0.25) is 21.8 Å². The number of benzene rings is 4. The standard InChI is InChI=1S/C34H35Cl2N3O4S/c1-38(44(42,43)29-17-16-26-11-5-6-12-27(26)21-29)23-33(40)39(22-25-15-18-30(35)31(36)19-25)32(20-24-9-3-2-4-10-24)34(41)37-28-13-7-8-14-28/h2-6,9-12,15-19,21,28,32H,7-8,13-14,20,22-23H2,1H3,(H,37,41)/t32-/m1/s1. The van der Waals surface area contributed by atoms with Gasteiger partial charge in [-0.3, -0.25) is 9.59 Å². The van der Waals surface area contributed by atoms with Gasteiger partial charge in [0.05, 0.1) is 21.5 Å². The van der Waals surface area contributed by atoms with E-state index in [-0.39, 0.29) is 29.8 Å². The van der Waals surface area contributed by atoms with Gasteiger partial charge in [0, 0.05) is 26.1 Å². The van der Waals surface area contributed by atoms with E-state index in [0.29, 0.717) is 15.6 Å². The number of sulfonamides is 1. The van der Waals surface area contributed by atoms with E-state index in [9.17, 15) is 18.0 Å². The van der Waals surface area contributed by atoms with Crippen LogP contribution in [0.1, 0.15) is 36.8 Å². The van der Waals surface area contributed by atoms with Gasteiger partial charge in [-0.25, -0.2) is 8.42 Å². The molecule has 0 unspecified atom stereocenters. The molecule has 0 radical (unpaired) electrons. The minimum absolute atomic E-state index is 0.0369. The number of rotatable bonds is 11. The second kappa shape index (κ2) is 14.1. The Labute approximate surface area is 268 Å². The highest BCUT2D eigenvalue weighted by Crippen LogP contribution is 2.26. The van der Waals surface area contributed by atoms with Gasteiger partial charge in [-0.2, -0.15) is 4.31 Å². The van der Waals surface area contributed by atoms with Crippen LogP contribution in [0.25, 0.3) is 10.8 Å². The summed E-state index contributed by atoms with van der Waals surface area (Å²) in [6.45, 7) is -0.423. The third-order valence-corrected chi connectivity index (χ3v) is 10.6. The molecule has 0 aromatic heterocycles. The first kappa shape index (κ1) is 32.0. The van der Waals surface area contributed by atoms with Crippen LogP contribution in [0.5, 0.6) is 0 Å². The normalized spacial score (nSPS) is 14.5. The van der Waals surface area contributed by atoms with Crippen LogP contribution >= 0.6 is 23.2 Å². The number of amides is 2. The van der Waals surface area contributed by atoms with Gasteiger partial charge in [-0.05, 0) is 59.0 Å². The Hall–Kier alpha value is -3.43. The lowest BCUT2D eigenvalue weighted by molar-refractivity contribution is -0.141. The predicted molar refractivity (Wildman–Crippen MR) is 175 cm³/mol. The van der Waals surface area contributed by atoms with Crippen molar-refractivity contribution in [3.63, 3.8) is 0 Å². The first-order valence-corrected chi connectivity index (χ1v) is 16.8. The third-order valence-electron chi connectivity index (χ3n) is 8.10. The van der Waals surface area contributed by atoms with E-state index < -0.39 is 28.5 Å². The summed E-state index contributed by atoms with van der Waals surface area (Å²) in [4.78, 5) is 29.6. The van der Waals surface area contributed by atoms with Gasteiger partial charge in [0.15, 0.2) is 0 Å². The molecule has 5 rings (SSSR count). The molecule has 1 N–H and O–H groups in total. The van der Waals surface area contributed by atoms with Crippen LogP contribution in [0, 0.1) is 0 Å². The molecular weight excluding hydrogens is 617 g/mol. The lowest BCUT2D eigenvalue weighted by atomic mass is 10.0. The van der Waals surface area contributed by atoms with E-state index in [2.05, 4.69) is 5.32 Å². The molecule has 1 aliphatic carbocycles. The summed E-state index contributed by atoms with van der Waals surface area (Å²) in [5, 5.41) is 5.54. The van der Waals surface area contributed by atoms with Gasteiger partial charge < -0.3 is 10.2 Å². The highest BCUT2D eigenvalue weighted by atomic mass is 35.5. The lowest BCUT2D eigenvalue weighted by Gasteiger charge is -2.33. The second-order valence-corrected chi connectivity index (χ2v) is 14.1. The molecule has 0 aliphatic heterocycles. The van der Waals surface area contributed by atoms with Crippen molar-refractivity contribution in [1.29, 1.82) is 0 Å². The number of halogens is 2. The summed E-state index contributed by atoms with van der Waals surface area (Å²) in [7, 11) is -2.64. The molecule has 7 nitrogen and oxygen atoms in total. The molecule has 230 valence electrons. The maximum atomic E-state index is 14.2. The maximum absolute atomic E-state index is 14.2. The Bertz CT molecular complexity index is 1740. The van der Waals surface area contributed by atoms with Crippen LogP contribution in [-0.4, -0.2) is 55.1 Å². The van der Waals surface area contributed by atoms with Crippen molar-refractivity contribution in [2.75, 3.05) is 13.6 Å². The smallest absolute Gasteiger partial charge is 0.243 e. The fourth-order valence-corrected chi connectivity index (χ4v) is 7.11. The van der Waals surface area contributed by atoms with E-state index in [1.165, 1.54) is 11.9 Å². The molecule has 0 bridgehead atoms. The van der Waals surface area contributed by atoms with E-state index in [1.807, 2.05) is 54.6 Å². The lowest BCUT2D eigenvalue weighted by Crippen LogP contribution is -2.54. The fraction of sp³-hybridized carbons (Fsp3) is 0.294. The van der Waals surface area contributed by atoms with Crippen LogP contribution in [0.3, 0.4) is 0 Å². The van der Waals surface area contributed by atoms with Gasteiger partial charge in [-0.1, -0.05) is 103 Å². The second-order valence-electron chi connectivity index (χ2n) is 11.2. The number of hydrogen-bond acceptors (Lipinski definition) is 4. The summed E-state index contributed by atoms with van der Waals surface area (Å²) >= 11 is 12.5. The van der Waals surface area contributed by atoms with Gasteiger partial charge in [0.1, 0.15) is 6.04 Å². The first-order chi connectivity index (χ1) is 21.1. The van der Waals surface area contributed by atoms with Gasteiger partial charge in [-0.15, -0.1) is 0 Å². The van der Waals surface area contributed by atoms with Crippen LogP contribution in [0.4, 0.5) is 0 Å². The van der Waals surface area contributed by atoms with Crippen molar-refractivity contribution in [3.8, 4) is 0 Å². The van der Waals surface area contributed by atoms with Crippen molar-refractivity contribution in [2.45, 2.75) is 55.6 Å². The summed E-state index contributed by atoms with van der Waals surface area (Å²) in [6, 6.07) is 26.1. The van der Waals surface area contributed by atoms with E-state index in [1.54, 1.807) is 36.4 Å². The zero-order valence-corrected chi connectivity index (χ0v) is 26.8. The molecule has 0 saturated heterocycles. The predicted octanol–water partition coefficient (Wildman–Crippen LogP) is 6.47. The molecule has 4 aromatic carbocycles. The van der Waals surface area contributed by atoms with Crippen molar-refractivity contribution in [1.82, 2.24) is 14.5 Å². The van der Waals surface area contributed by atoms with Crippen LogP contribution in [-0.2, 0) is 32.6 Å². The van der Waals surface area contributed by atoms with E-state index in [4.69, 9.17) is 23.2 Å². The molecule has 1 atom stereocenters. The Kier molecular flexibility index (Phi) is 10.3. The average Bonchev–Trinajstić information content (AvgIpc) is 3.53. The quantitative estimate of drug-likeness (QED) is 0.201. The van der Waals surface area contributed by atoms with Crippen molar-refractivity contribution >= 4 is 55.8 Å². The zero-order chi connectivity index (χ0) is 31.3. The maximum Gasteiger partial charge on any atom is 0.243 e. The van der Waals surface area contributed by atoms with Crippen LogP contribution in [0.2, 0.25) is 10.0 Å². The van der Waals surface area contributed by atoms with Gasteiger partial charge >= 0.3 is 0 Å². The Morgan fingerprint density at radius 2 is 1.52 bits per heavy atom. The SMILES string of the molecule is CN(CC(=O)N(Cc1ccc(Cl)c(Cl)c1)[C@H](Cc1ccccc1)C(=O)NC1CCCC1)S(=O)(=O)c1ccc2ccccc2c1. The highest BCUT2D eigenvalue weighted by molar-refractivity contribution is 7.89. The minimum atomic E-state index is -4.02. The van der Waals surface area contributed by atoms with Crippen LogP contribution < -0.4 is 5.32 Å². The molecule has 1 fully saturated rings. The molecule has 4 aromatic rings. The highest BCUT2D eigenvalue weighted by Gasteiger charge is 2.34. The Balaban J connectivity index is 1.47. The number of carbonyl (C=O) groups excluding carboxylic acids is 2. The first-order valence-electron chi connectivity index (χ1n) is 14.6. The molecular formula is C34H35Cl2N3O4S. The molecule has 10 heteroatoms. The zero-order valence-electron chi connectivity index (χ0n) is 24.5. The minimum Gasteiger partial charge on any atom is -0.352 e. The summed E-state index contributed by atoms with van der Waals surface area (Å²) in [5.74, 6) is -0.778. The number of nitrogens with zero attached hydrogens (tertiary/aromatic N) is 2. The number of fused-ring (bicyclic) bond motifs is 1. The number of carbonyl (C=O) groups is 2. The molecule has 1 aliphatic rings. The Morgan fingerprint density at radius 3 is 2.23 bits per heavy atom. The fourth-order valence-electron chi connectivity index (χ4n) is 5.63. The molecule has 1 saturated carbocycles. The summed E-state index contributed by atoms with van der Waals surface area (Å²) in [6.07, 6.45) is 4.11. The van der Waals surface area contributed by atoms with Gasteiger partial charge in [0.25, 0.3) is 0 Å².